The van der Waals surface area contributed by atoms with Crippen molar-refractivity contribution in [2.75, 3.05) is 26.2 Å². The van der Waals surface area contributed by atoms with Crippen LogP contribution in [0.25, 0.3) is 0 Å². The minimum Gasteiger partial charge on any atom is -0.314 e. The monoisotopic (exact) mass is 342 g/mol. The Morgan fingerprint density at radius 3 is 2.45 bits per heavy atom. The molecule has 0 aliphatic carbocycles. The molecule has 1 aromatic carbocycles. The van der Waals surface area contributed by atoms with Gasteiger partial charge in [0.05, 0.1) is 0 Å². The van der Waals surface area contributed by atoms with Gasteiger partial charge in [0.25, 0.3) is 0 Å². The van der Waals surface area contributed by atoms with E-state index >= 15 is 0 Å². The fraction of sp³-hybridized carbons (Fsp3) is 0.571. The van der Waals surface area contributed by atoms with E-state index in [-0.39, 0.29) is 36.7 Å². The molecule has 1 aliphatic heterocycles. The molecule has 6 heteroatoms. The molecule has 116 valence electrons. The molecule has 1 aliphatic rings. The summed E-state index contributed by atoms with van der Waals surface area (Å²) in [7, 11) is 0. The molecule has 2 rings (SSSR count). The van der Waals surface area contributed by atoms with Crippen molar-refractivity contribution in [1.29, 1.82) is 0 Å². The van der Waals surface area contributed by atoms with Gasteiger partial charge in [-0.15, -0.1) is 24.8 Å². The molecule has 0 aromatic heterocycles. The van der Waals surface area contributed by atoms with Gasteiger partial charge in [-0.3, -0.25) is 4.90 Å². The quantitative estimate of drug-likeness (QED) is 0.893. The van der Waals surface area contributed by atoms with Crippen LogP contribution in [0.2, 0.25) is 5.02 Å². The number of piperazine rings is 1. The van der Waals surface area contributed by atoms with Crippen LogP contribution in [0.5, 0.6) is 0 Å². The topological polar surface area (TPSA) is 15.3 Å². The number of nitrogens with zero attached hydrogens (tertiary/aromatic N) is 1. The SMILES string of the molecule is CC[C@H](c1c(Cl)ccc(C)c1F)N1CCNCC1.Cl.Cl. The van der Waals surface area contributed by atoms with Crippen molar-refractivity contribution in [3.05, 3.63) is 34.1 Å². The minimum atomic E-state index is -0.145. The molecule has 1 N–H and O–H groups in total. The lowest BCUT2D eigenvalue weighted by Crippen LogP contribution is -2.45. The Morgan fingerprint density at radius 1 is 1.30 bits per heavy atom. The summed E-state index contributed by atoms with van der Waals surface area (Å²) in [6, 6.07) is 3.63. The van der Waals surface area contributed by atoms with Crippen molar-refractivity contribution >= 4 is 36.4 Å². The molecule has 0 amide bonds. The lowest BCUT2D eigenvalue weighted by Gasteiger charge is -2.35. The van der Waals surface area contributed by atoms with Gasteiger partial charge in [0.15, 0.2) is 0 Å². The highest BCUT2D eigenvalue weighted by molar-refractivity contribution is 6.31. The predicted octanol–water partition coefficient (Wildman–Crippen LogP) is 3.99. The molecular weight excluding hydrogens is 322 g/mol. The van der Waals surface area contributed by atoms with E-state index in [1.165, 1.54) is 0 Å². The second-order valence-electron chi connectivity index (χ2n) is 4.80. The van der Waals surface area contributed by atoms with Crippen LogP contribution < -0.4 is 5.32 Å². The molecule has 0 radical (unpaired) electrons. The van der Waals surface area contributed by atoms with E-state index in [0.717, 1.165) is 32.6 Å². The number of nitrogens with one attached hydrogen (secondary N) is 1. The van der Waals surface area contributed by atoms with Gasteiger partial charge in [0.1, 0.15) is 5.82 Å². The molecule has 2 nitrogen and oxygen atoms in total. The Bertz CT molecular complexity index is 423. The summed E-state index contributed by atoms with van der Waals surface area (Å²) in [5, 5.41) is 3.86. The Morgan fingerprint density at radius 2 is 1.90 bits per heavy atom. The molecule has 0 saturated carbocycles. The number of benzene rings is 1. The first-order chi connectivity index (χ1) is 8.65. The fourth-order valence-electron chi connectivity index (χ4n) is 2.62. The summed E-state index contributed by atoms with van der Waals surface area (Å²) in [6.45, 7) is 7.69. The summed E-state index contributed by atoms with van der Waals surface area (Å²) in [5.41, 5.74) is 1.34. The third-order valence-corrected chi connectivity index (χ3v) is 3.96. The minimum absolute atomic E-state index is 0. The van der Waals surface area contributed by atoms with E-state index < -0.39 is 0 Å². The van der Waals surface area contributed by atoms with Gasteiger partial charge >= 0.3 is 0 Å². The molecular formula is C14H22Cl3FN2. The Labute approximate surface area is 137 Å². The first kappa shape index (κ1) is 19.9. The van der Waals surface area contributed by atoms with Gasteiger partial charge in [-0.2, -0.15) is 0 Å². The number of rotatable bonds is 3. The van der Waals surface area contributed by atoms with E-state index in [4.69, 9.17) is 11.6 Å². The highest BCUT2D eigenvalue weighted by atomic mass is 35.5. The average Bonchev–Trinajstić information content (AvgIpc) is 2.40. The van der Waals surface area contributed by atoms with Gasteiger partial charge in [0.2, 0.25) is 0 Å². The molecule has 1 aromatic rings. The Kier molecular flexibility index (Phi) is 9.03. The molecule has 0 bridgehead atoms. The van der Waals surface area contributed by atoms with Crippen LogP contribution in [0, 0.1) is 12.7 Å². The van der Waals surface area contributed by atoms with Crippen molar-refractivity contribution in [3.8, 4) is 0 Å². The second kappa shape index (κ2) is 9.06. The van der Waals surface area contributed by atoms with Crippen molar-refractivity contribution < 1.29 is 4.39 Å². The first-order valence-electron chi connectivity index (χ1n) is 6.54. The van der Waals surface area contributed by atoms with Crippen LogP contribution in [-0.4, -0.2) is 31.1 Å². The van der Waals surface area contributed by atoms with Crippen LogP contribution in [0.15, 0.2) is 12.1 Å². The highest BCUT2D eigenvalue weighted by Gasteiger charge is 2.25. The fourth-order valence-corrected chi connectivity index (χ4v) is 2.89. The maximum Gasteiger partial charge on any atom is 0.132 e. The zero-order chi connectivity index (χ0) is 13.1. The lowest BCUT2D eigenvalue weighted by atomic mass is 9.99. The largest absolute Gasteiger partial charge is 0.314 e. The lowest BCUT2D eigenvalue weighted by molar-refractivity contribution is 0.166. The van der Waals surface area contributed by atoms with E-state index in [1.54, 1.807) is 19.1 Å². The molecule has 0 spiro atoms. The normalized spacial score (nSPS) is 17.0. The highest BCUT2D eigenvalue weighted by Crippen LogP contribution is 2.33. The zero-order valence-electron chi connectivity index (χ0n) is 11.8. The number of halogens is 4. The van der Waals surface area contributed by atoms with Crippen molar-refractivity contribution in [2.45, 2.75) is 26.3 Å². The van der Waals surface area contributed by atoms with Gasteiger partial charge < -0.3 is 5.32 Å². The summed E-state index contributed by atoms with van der Waals surface area (Å²) in [4.78, 5) is 2.32. The first-order valence-corrected chi connectivity index (χ1v) is 6.92. The third-order valence-electron chi connectivity index (χ3n) is 3.63. The molecule has 1 heterocycles. The molecule has 1 atom stereocenters. The molecule has 1 saturated heterocycles. The standard InChI is InChI=1S/C14H20ClFN2.2ClH/c1-3-12(18-8-6-17-7-9-18)13-11(15)5-4-10(2)14(13)16;;/h4-5,12,17H,3,6-9H2,1-2H3;2*1H/t12-;;/m1../s1. The van der Waals surface area contributed by atoms with Crippen molar-refractivity contribution in [1.82, 2.24) is 10.2 Å². The zero-order valence-corrected chi connectivity index (χ0v) is 14.2. The summed E-state index contributed by atoms with van der Waals surface area (Å²) < 4.78 is 14.3. The Hall–Kier alpha value is -0.0600. The summed E-state index contributed by atoms with van der Waals surface area (Å²) in [5.74, 6) is -0.145. The van der Waals surface area contributed by atoms with Gasteiger partial charge in [-0.05, 0) is 25.0 Å². The number of hydrogen-bond acceptors (Lipinski definition) is 2. The van der Waals surface area contributed by atoms with Gasteiger partial charge in [-0.25, -0.2) is 4.39 Å². The molecule has 20 heavy (non-hydrogen) atoms. The van der Waals surface area contributed by atoms with E-state index in [2.05, 4.69) is 17.1 Å². The second-order valence-corrected chi connectivity index (χ2v) is 5.21. The van der Waals surface area contributed by atoms with E-state index in [1.807, 2.05) is 0 Å². The van der Waals surface area contributed by atoms with Crippen LogP contribution in [0.4, 0.5) is 4.39 Å². The van der Waals surface area contributed by atoms with Crippen molar-refractivity contribution in [3.63, 3.8) is 0 Å². The van der Waals surface area contributed by atoms with E-state index in [9.17, 15) is 4.39 Å². The van der Waals surface area contributed by atoms with Gasteiger partial charge in [-0.1, -0.05) is 24.6 Å². The average molecular weight is 344 g/mol. The summed E-state index contributed by atoms with van der Waals surface area (Å²) in [6.07, 6.45) is 0.875. The van der Waals surface area contributed by atoms with Crippen LogP contribution in [-0.2, 0) is 0 Å². The van der Waals surface area contributed by atoms with Crippen LogP contribution in [0.3, 0.4) is 0 Å². The maximum atomic E-state index is 14.3. The number of hydrogen-bond donors (Lipinski definition) is 1. The maximum absolute atomic E-state index is 14.3. The Balaban J connectivity index is 0.00000180. The van der Waals surface area contributed by atoms with Crippen LogP contribution in [0.1, 0.15) is 30.5 Å². The van der Waals surface area contributed by atoms with Crippen molar-refractivity contribution in [2.24, 2.45) is 0 Å². The van der Waals surface area contributed by atoms with Crippen LogP contribution >= 0.6 is 36.4 Å². The van der Waals surface area contributed by atoms with Gasteiger partial charge in [0, 0.05) is 42.8 Å². The number of aryl methyl sites for hydroxylation is 1. The molecule has 0 unspecified atom stereocenters. The smallest absolute Gasteiger partial charge is 0.132 e. The third kappa shape index (κ3) is 4.22. The molecule has 1 fully saturated rings. The predicted molar refractivity (Wildman–Crippen MR) is 88.1 cm³/mol. The summed E-state index contributed by atoms with van der Waals surface area (Å²) >= 11 is 6.21. The van der Waals surface area contributed by atoms with E-state index in [0.29, 0.717) is 16.1 Å².